The molecule has 0 atom stereocenters. The van der Waals surface area contributed by atoms with E-state index in [-0.39, 0.29) is 6.71 Å². The van der Waals surface area contributed by atoms with Crippen LogP contribution in [0.15, 0.2) is 200 Å². The zero-order valence-corrected chi connectivity index (χ0v) is 34.8. The highest BCUT2D eigenvalue weighted by atomic mass is 15.2. The second kappa shape index (κ2) is 11.3. The van der Waals surface area contributed by atoms with Crippen molar-refractivity contribution in [1.82, 2.24) is 27.1 Å². The third-order valence-electron chi connectivity index (χ3n) is 15.1. The van der Waals surface area contributed by atoms with Crippen molar-refractivity contribution >= 4 is 122 Å². The number of para-hydroxylation sites is 6. The molecular formula is C58H33BN6. The molecule has 0 N–H and O–H groups in total. The van der Waals surface area contributed by atoms with Crippen molar-refractivity contribution in [3.8, 4) is 22.7 Å². The van der Waals surface area contributed by atoms with Crippen molar-refractivity contribution in [3.05, 3.63) is 200 Å². The van der Waals surface area contributed by atoms with Crippen LogP contribution in [0.1, 0.15) is 0 Å². The Kier molecular flexibility index (Phi) is 5.72. The van der Waals surface area contributed by atoms with Crippen molar-refractivity contribution < 1.29 is 0 Å². The number of aromatic nitrogens is 6. The minimum atomic E-state index is 0.00130. The van der Waals surface area contributed by atoms with Gasteiger partial charge in [0, 0.05) is 44.3 Å². The van der Waals surface area contributed by atoms with Crippen LogP contribution in [0.4, 0.5) is 0 Å². The Balaban J connectivity index is 1.07. The number of rotatable bonds is 2. The van der Waals surface area contributed by atoms with Crippen LogP contribution in [0.25, 0.3) is 122 Å². The first-order valence-electron chi connectivity index (χ1n) is 22.6. The zero-order valence-electron chi connectivity index (χ0n) is 34.8. The topological polar surface area (TPSA) is 28.5 Å². The van der Waals surface area contributed by atoms with Crippen LogP contribution < -0.4 is 16.4 Å². The van der Waals surface area contributed by atoms with Gasteiger partial charge in [0.05, 0.1) is 55.2 Å². The average molecular weight is 825 g/mol. The van der Waals surface area contributed by atoms with E-state index in [1.807, 2.05) is 0 Å². The third-order valence-corrected chi connectivity index (χ3v) is 15.1. The van der Waals surface area contributed by atoms with Crippen molar-refractivity contribution in [2.24, 2.45) is 0 Å². The maximum atomic E-state index is 2.60. The van der Waals surface area contributed by atoms with E-state index >= 15 is 0 Å². The van der Waals surface area contributed by atoms with E-state index in [9.17, 15) is 0 Å². The van der Waals surface area contributed by atoms with E-state index in [0.717, 1.165) is 11.4 Å². The standard InChI is InChI=1S/C58H33BN6/c1-3-16-34(17-4-1)60-42-24-11-7-20-36(42)40-30-50-52(32-48(40)60)64-46-28-15-29-47-56(46)59(54-38-22-9-13-26-44(38)62(50)57(54)64)55-39-23-10-14-27-45(39)63-51-31-41-37-21-8-12-25-43(37)61(35-18-5-2-6-19-35)49(41)33-53(51)65(47)58(55)63/h1-33H. The first kappa shape index (κ1) is 33.0. The van der Waals surface area contributed by atoms with Gasteiger partial charge in [-0.1, -0.05) is 115 Å². The molecule has 0 bridgehead atoms. The van der Waals surface area contributed by atoms with E-state index in [2.05, 4.69) is 227 Å². The number of imidazole rings is 2. The molecule has 9 aromatic carbocycles. The summed E-state index contributed by atoms with van der Waals surface area (Å²) in [5.74, 6) is 0. The molecule has 0 spiro atoms. The van der Waals surface area contributed by atoms with Gasteiger partial charge < -0.3 is 9.13 Å². The molecule has 17 rings (SSSR count). The molecule has 0 amide bonds. The molecule has 2 aliphatic heterocycles. The second-order valence-corrected chi connectivity index (χ2v) is 18.1. The van der Waals surface area contributed by atoms with Gasteiger partial charge in [0.25, 0.3) is 6.71 Å². The molecule has 6 nitrogen and oxygen atoms in total. The lowest BCUT2D eigenvalue weighted by molar-refractivity contribution is 1.11. The molecule has 6 aromatic heterocycles. The molecule has 15 aromatic rings. The highest BCUT2D eigenvalue weighted by Crippen LogP contribution is 2.43. The Bertz CT molecular complexity index is 4360. The summed E-state index contributed by atoms with van der Waals surface area (Å²) in [4.78, 5) is 0. The highest BCUT2D eigenvalue weighted by Gasteiger charge is 2.45. The summed E-state index contributed by atoms with van der Waals surface area (Å²) in [5, 5.41) is 7.63. The van der Waals surface area contributed by atoms with Gasteiger partial charge in [-0.25, -0.2) is 0 Å². The largest absolute Gasteiger partial charge is 0.309 e. The van der Waals surface area contributed by atoms with E-state index < -0.39 is 0 Å². The molecule has 65 heavy (non-hydrogen) atoms. The first-order valence-corrected chi connectivity index (χ1v) is 22.6. The molecule has 0 radical (unpaired) electrons. The summed E-state index contributed by atoms with van der Waals surface area (Å²) in [5.41, 5.74) is 23.6. The van der Waals surface area contributed by atoms with E-state index in [1.54, 1.807) is 0 Å². The molecular weight excluding hydrogens is 791 g/mol. The van der Waals surface area contributed by atoms with Crippen LogP contribution in [0.5, 0.6) is 0 Å². The summed E-state index contributed by atoms with van der Waals surface area (Å²) in [6, 6.07) is 74.6. The fraction of sp³-hybridized carbons (Fsp3) is 0. The molecule has 0 aliphatic carbocycles. The van der Waals surface area contributed by atoms with Crippen LogP contribution in [-0.4, -0.2) is 33.8 Å². The quantitative estimate of drug-likeness (QED) is 0.155. The van der Waals surface area contributed by atoms with Crippen LogP contribution in [0, 0.1) is 0 Å². The van der Waals surface area contributed by atoms with Gasteiger partial charge in [0.2, 0.25) is 0 Å². The molecule has 0 saturated carbocycles. The fourth-order valence-corrected chi connectivity index (χ4v) is 12.8. The Morgan fingerprint density at radius 3 is 1.11 bits per heavy atom. The minimum absolute atomic E-state index is 0.00130. The summed E-state index contributed by atoms with van der Waals surface area (Å²) < 4.78 is 15.2. The van der Waals surface area contributed by atoms with Gasteiger partial charge in [-0.3, -0.25) is 17.9 Å². The van der Waals surface area contributed by atoms with E-state index in [0.29, 0.717) is 0 Å². The van der Waals surface area contributed by atoms with Crippen LogP contribution in [0.3, 0.4) is 0 Å². The molecule has 0 fully saturated rings. The number of benzene rings is 9. The van der Waals surface area contributed by atoms with Gasteiger partial charge >= 0.3 is 0 Å². The summed E-state index contributed by atoms with van der Waals surface area (Å²) in [6.45, 7) is 0.00130. The molecule has 2 aliphatic rings. The number of nitrogens with zero attached hydrogens (tertiary/aromatic N) is 6. The van der Waals surface area contributed by atoms with Crippen LogP contribution >= 0.6 is 0 Å². The zero-order chi connectivity index (χ0) is 41.8. The van der Waals surface area contributed by atoms with Crippen molar-refractivity contribution in [2.75, 3.05) is 0 Å². The van der Waals surface area contributed by atoms with Crippen molar-refractivity contribution in [2.45, 2.75) is 0 Å². The maximum Gasteiger partial charge on any atom is 0.258 e. The summed E-state index contributed by atoms with van der Waals surface area (Å²) >= 11 is 0. The van der Waals surface area contributed by atoms with E-state index in [4.69, 9.17) is 0 Å². The molecule has 298 valence electrons. The lowest BCUT2D eigenvalue weighted by Gasteiger charge is -2.31. The number of fused-ring (bicyclic) bond motifs is 22. The van der Waals surface area contributed by atoms with Crippen molar-refractivity contribution in [1.29, 1.82) is 0 Å². The maximum absolute atomic E-state index is 2.60. The summed E-state index contributed by atoms with van der Waals surface area (Å²) in [7, 11) is 0. The van der Waals surface area contributed by atoms with Crippen molar-refractivity contribution in [3.63, 3.8) is 0 Å². The monoisotopic (exact) mass is 824 g/mol. The number of hydrogen-bond acceptors (Lipinski definition) is 0. The van der Waals surface area contributed by atoms with Gasteiger partial charge in [-0.05, 0) is 112 Å². The van der Waals surface area contributed by atoms with Crippen LogP contribution in [0.2, 0.25) is 0 Å². The fourth-order valence-electron chi connectivity index (χ4n) is 12.8. The second-order valence-electron chi connectivity index (χ2n) is 18.1. The average Bonchev–Trinajstić information content (AvgIpc) is 4.19. The van der Waals surface area contributed by atoms with Gasteiger partial charge in [0.15, 0.2) is 0 Å². The van der Waals surface area contributed by atoms with Gasteiger partial charge in [0.1, 0.15) is 11.3 Å². The third kappa shape index (κ3) is 3.73. The lowest BCUT2D eigenvalue weighted by Crippen LogP contribution is -2.59. The lowest BCUT2D eigenvalue weighted by atomic mass is 9.34. The SMILES string of the molecule is c1ccc(-n2c3ccccc3c3cc4c(cc32)n2c3c(c5ccccc5n43)B3c4c-2cccc4-n2c4cc5c(cc4n4c6ccccc6c3c24)c2ccccc2n5-c2ccccc2)cc1. The number of hydrogen-bond donors (Lipinski definition) is 0. The molecule has 0 unspecified atom stereocenters. The molecule has 8 heterocycles. The predicted octanol–water partition coefficient (Wildman–Crippen LogP) is 11.7. The first-order chi connectivity index (χ1) is 32.3. The molecule has 7 heteroatoms. The predicted molar refractivity (Wildman–Crippen MR) is 270 cm³/mol. The Labute approximate surface area is 370 Å². The Hall–Kier alpha value is -8.68. The Morgan fingerprint density at radius 2 is 0.646 bits per heavy atom. The summed E-state index contributed by atoms with van der Waals surface area (Å²) in [6.07, 6.45) is 0. The van der Waals surface area contributed by atoms with E-state index in [1.165, 1.54) is 127 Å². The Morgan fingerprint density at radius 1 is 0.246 bits per heavy atom. The smallest absolute Gasteiger partial charge is 0.258 e. The van der Waals surface area contributed by atoms with Crippen LogP contribution in [-0.2, 0) is 0 Å². The highest BCUT2D eigenvalue weighted by molar-refractivity contribution is 7.02. The van der Waals surface area contributed by atoms with Gasteiger partial charge in [-0.2, -0.15) is 0 Å². The molecule has 0 saturated heterocycles. The normalized spacial score (nSPS) is 13.2. The minimum Gasteiger partial charge on any atom is -0.309 e. The van der Waals surface area contributed by atoms with Gasteiger partial charge in [-0.15, -0.1) is 0 Å².